The summed E-state index contributed by atoms with van der Waals surface area (Å²) in [6.07, 6.45) is 4.18. The van der Waals surface area contributed by atoms with Gasteiger partial charge in [-0.3, -0.25) is 4.79 Å². The molecule has 0 unspecified atom stereocenters. The summed E-state index contributed by atoms with van der Waals surface area (Å²) in [6.45, 7) is 0.888. The summed E-state index contributed by atoms with van der Waals surface area (Å²) in [4.78, 5) is 10.6. The second-order valence-electron chi connectivity index (χ2n) is 2.16. The van der Waals surface area contributed by atoms with Gasteiger partial charge >= 0.3 is 23.1 Å². The molecule has 0 bridgehead atoms. The van der Waals surface area contributed by atoms with Gasteiger partial charge in [0.15, 0.2) is 0 Å². The summed E-state index contributed by atoms with van der Waals surface area (Å²) in [5.74, 6) is 0.225. The first-order valence-electron chi connectivity index (χ1n) is 3.16. The minimum absolute atomic E-state index is 0. The minimum Gasteiger partial charge on any atom is -0.356 e. The first-order chi connectivity index (χ1) is 3.89. The summed E-state index contributed by atoms with van der Waals surface area (Å²) in [5.41, 5.74) is 0. The Labute approximate surface area is 83.7 Å². The fourth-order valence-electron chi connectivity index (χ4n) is 0.904. The molecule has 1 aliphatic rings. The van der Waals surface area contributed by atoms with Crippen LogP contribution in [0.2, 0.25) is 0 Å². The number of carbonyl (C=O) groups excluding carboxylic acids is 1. The molecule has 0 spiro atoms. The van der Waals surface area contributed by atoms with Crippen molar-refractivity contribution < 1.29 is 4.79 Å². The van der Waals surface area contributed by atoms with E-state index in [2.05, 4.69) is 5.32 Å². The Balaban J connectivity index is 0. The quantitative estimate of drug-likeness (QED) is 0.524. The fourth-order valence-corrected chi connectivity index (χ4v) is 0.904. The maximum absolute atomic E-state index is 10.6. The van der Waals surface area contributed by atoms with Gasteiger partial charge in [0.1, 0.15) is 0 Å². The van der Waals surface area contributed by atoms with Crippen molar-refractivity contribution in [1.29, 1.82) is 0 Å². The largest absolute Gasteiger partial charge is 0.356 e. The maximum Gasteiger partial charge on any atom is 0.316 e. The molecule has 0 radical (unpaired) electrons. The molecule has 1 N–H and O–H groups in total. The van der Waals surface area contributed by atoms with Crippen molar-refractivity contribution in [2.45, 2.75) is 25.7 Å². The molecule has 0 aliphatic carbocycles. The highest BCUT2D eigenvalue weighted by Gasteiger charge is 2.03. The molecule has 1 rings (SSSR count). The third kappa shape index (κ3) is 5.32. The van der Waals surface area contributed by atoms with Gasteiger partial charge in [-0.1, -0.05) is 6.42 Å². The van der Waals surface area contributed by atoms with Crippen LogP contribution in [0, 0.1) is 0 Å². The average Bonchev–Trinajstić information content (AvgIpc) is 1.94. The van der Waals surface area contributed by atoms with Crippen molar-refractivity contribution in [1.82, 2.24) is 5.32 Å². The summed E-state index contributed by atoms with van der Waals surface area (Å²) < 4.78 is 0. The molecule has 0 saturated carbocycles. The molecule has 10 heavy (non-hydrogen) atoms. The van der Waals surface area contributed by atoms with Crippen molar-refractivity contribution in [2.24, 2.45) is 0 Å². The second kappa shape index (κ2) is 7.63. The second-order valence-corrected chi connectivity index (χ2v) is 2.16. The van der Waals surface area contributed by atoms with E-state index in [4.69, 9.17) is 0 Å². The highest BCUT2D eigenvalue weighted by molar-refractivity contribution is 5.85. The maximum atomic E-state index is 10.6. The van der Waals surface area contributed by atoms with Crippen LogP contribution in [-0.4, -0.2) is 35.5 Å². The monoisotopic (exact) mass is 175 g/mol. The molecule has 0 aromatic carbocycles. The Kier molecular flexibility index (Phi) is 10.0. The van der Waals surface area contributed by atoms with Gasteiger partial charge < -0.3 is 5.32 Å². The molecule has 1 heterocycles. The normalized spacial score (nSPS) is 17.4. The summed E-state index contributed by atoms with van der Waals surface area (Å²) in [6, 6.07) is 0. The molecule has 0 aromatic rings. The smallest absolute Gasteiger partial charge is 0.316 e. The zero-order chi connectivity index (χ0) is 5.82. The first kappa shape index (κ1) is 13.1. The molecule has 0 atom stereocenters. The molecule has 0 aromatic heterocycles. The Morgan fingerprint density at radius 2 is 1.90 bits per heavy atom. The highest BCUT2D eigenvalue weighted by Crippen LogP contribution is 2.02. The van der Waals surface area contributed by atoms with E-state index < -0.39 is 0 Å². The Bertz CT molecular complexity index is 89.7. The van der Waals surface area contributed by atoms with E-state index in [1.165, 1.54) is 6.42 Å². The van der Waals surface area contributed by atoms with Crippen LogP contribution < -0.4 is 5.32 Å². The lowest BCUT2D eigenvalue weighted by molar-refractivity contribution is -0.120. The van der Waals surface area contributed by atoms with Crippen LogP contribution >= 0.6 is 12.4 Å². The van der Waals surface area contributed by atoms with E-state index in [9.17, 15) is 4.79 Å². The van der Waals surface area contributed by atoms with Crippen LogP contribution in [0.15, 0.2) is 0 Å². The molecule has 2 nitrogen and oxygen atoms in total. The number of rotatable bonds is 0. The topological polar surface area (TPSA) is 29.1 Å². The third-order valence-corrected chi connectivity index (χ3v) is 1.40. The van der Waals surface area contributed by atoms with Gasteiger partial charge in [-0.15, -0.1) is 12.4 Å². The molecule has 1 amide bonds. The van der Waals surface area contributed by atoms with Crippen molar-refractivity contribution >= 4 is 41.4 Å². The van der Waals surface area contributed by atoms with Crippen LogP contribution in [0.1, 0.15) is 25.7 Å². The number of hydrogen-bond acceptors (Lipinski definition) is 1. The van der Waals surface area contributed by atoms with Crippen LogP contribution in [0.25, 0.3) is 0 Å². The molecule has 1 saturated heterocycles. The SMILES string of the molecule is Cl.O=C1CCCCCN1.[MgH2]. The van der Waals surface area contributed by atoms with E-state index >= 15 is 0 Å². The predicted molar refractivity (Wildman–Crippen MR) is 47.3 cm³/mol. The van der Waals surface area contributed by atoms with E-state index in [0.717, 1.165) is 25.8 Å². The predicted octanol–water partition coefficient (Wildman–Crippen LogP) is 0.182. The standard InChI is InChI=1S/C6H11NO.ClH.Mg.2H/c8-6-4-2-1-3-5-7-6;;;;/h1-5H2,(H,7,8);1H;;;. The van der Waals surface area contributed by atoms with Gasteiger partial charge in [-0.2, -0.15) is 0 Å². The van der Waals surface area contributed by atoms with Gasteiger partial charge in [0.25, 0.3) is 0 Å². The Morgan fingerprint density at radius 1 is 1.20 bits per heavy atom. The molecular weight excluding hydrogens is 162 g/mol. The van der Waals surface area contributed by atoms with Crippen molar-refractivity contribution in [3.63, 3.8) is 0 Å². The van der Waals surface area contributed by atoms with Gasteiger partial charge in [0.05, 0.1) is 0 Å². The van der Waals surface area contributed by atoms with Gasteiger partial charge in [0, 0.05) is 13.0 Å². The van der Waals surface area contributed by atoms with E-state index in [1.54, 1.807) is 0 Å². The summed E-state index contributed by atoms with van der Waals surface area (Å²) >= 11 is 0. The van der Waals surface area contributed by atoms with Gasteiger partial charge in [0.2, 0.25) is 5.91 Å². The van der Waals surface area contributed by atoms with Crippen LogP contribution in [0.3, 0.4) is 0 Å². The van der Waals surface area contributed by atoms with Crippen LogP contribution in [-0.2, 0) is 4.79 Å². The van der Waals surface area contributed by atoms with Crippen LogP contribution in [0.5, 0.6) is 0 Å². The molecule has 4 heteroatoms. The lowest BCUT2D eigenvalue weighted by Gasteiger charge is -1.93. The van der Waals surface area contributed by atoms with E-state index in [0.29, 0.717) is 0 Å². The number of amides is 1. The highest BCUT2D eigenvalue weighted by atomic mass is 35.5. The van der Waals surface area contributed by atoms with Crippen molar-refractivity contribution in [2.75, 3.05) is 6.54 Å². The van der Waals surface area contributed by atoms with Crippen molar-refractivity contribution in [3.05, 3.63) is 0 Å². The number of carbonyl (C=O) groups is 1. The number of nitrogens with one attached hydrogen (secondary N) is 1. The first-order valence-corrected chi connectivity index (χ1v) is 3.16. The fraction of sp³-hybridized carbons (Fsp3) is 0.833. The zero-order valence-electron chi connectivity index (χ0n) is 5.35. The van der Waals surface area contributed by atoms with Crippen molar-refractivity contribution in [3.8, 4) is 0 Å². The zero-order valence-corrected chi connectivity index (χ0v) is 6.17. The van der Waals surface area contributed by atoms with E-state index in [1.807, 2.05) is 0 Å². The lowest BCUT2D eigenvalue weighted by atomic mass is 10.2. The number of halogens is 1. The molecular formula is C6H14ClMgNO. The summed E-state index contributed by atoms with van der Waals surface area (Å²) in [5, 5.41) is 2.81. The lowest BCUT2D eigenvalue weighted by Crippen LogP contribution is -2.21. The van der Waals surface area contributed by atoms with Gasteiger partial charge in [-0.25, -0.2) is 0 Å². The molecule has 58 valence electrons. The van der Waals surface area contributed by atoms with Crippen LogP contribution in [0.4, 0.5) is 0 Å². The van der Waals surface area contributed by atoms with E-state index in [-0.39, 0.29) is 41.4 Å². The minimum atomic E-state index is 0. The Morgan fingerprint density at radius 3 is 2.60 bits per heavy atom. The molecule has 1 fully saturated rings. The van der Waals surface area contributed by atoms with Gasteiger partial charge in [-0.05, 0) is 12.8 Å². The summed E-state index contributed by atoms with van der Waals surface area (Å²) in [7, 11) is 0. The molecule has 1 aliphatic heterocycles. The number of hydrogen-bond donors (Lipinski definition) is 1. The Hall–Kier alpha value is 0.526. The average molecular weight is 176 g/mol. The third-order valence-electron chi connectivity index (χ3n) is 1.40.